The lowest BCUT2D eigenvalue weighted by Crippen LogP contribution is -2.48. The van der Waals surface area contributed by atoms with Crippen molar-refractivity contribution >= 4 is 5.82 Å². The van der Waals surface area contributed by atoms with Crippen molar-refractivity contribution < 1.29 is 0 Å². The highest BCUT2D eigenvalue weighted by atomic mass is 15.3. The Morgan fingerprint density at radius 3 is 1.89 bits per heavy atom. The van der Waals surface area contributed by atoms with E-state index in [1.807, 2.05) is 30.5 Å². The van der Waals surface area contributed by atoms with Crippen molar-refractivity contribution in [1.82, 2.24) is 24.8 Å². The van der Waals surface area contributed by atoms with E-state index in [1.165, 1.54) is 11.1 Å². The lowest BCUT2D eigenvalue weighted by molar-refractivity contribution is 0.212. The Hall–Kier alpha value is -4.42. The van der Waals surface area contributed by atoms with Gasteiger partial charge in [-0.2, -0.15) is 0 Å². The van der Waals surface area contributed by atoms with Gasteiger partial charge in [0.1, 0.15) is 5.82 Å². The van der Waals surface area contributed by atoms with Gasteiger partial charge in [0, 0.05) is 68.2 Å². The standard InChI is InChI=1S/C31H28N6/c1-3-8-25(9-4-1)30(26-10-5-2-6-11-26)37-20-18-36(19-21-37)29-22-28(24-13-16-32-17-14-24)34-31(35-29)27-12-7-15-33-23-27/h1-17,22-23,30H,18-21H2. The van der Waals surface area contributed by atoms with Crippen LogP contribution in [-0.2, 0) is 0 Å². The summed E-state index contributed by atoms with van der Waals surface area (Å²) in [7, 11) is 0. The third-order valence-corrected chi connectivity index (χ3v) is 6.84. The van der Waals surface area contributed by atoms with Crippen LogP contribution in [0.2, 0.25) is 0 Å². The van der Waals surface area contributed by atoms with E-state index in [4.69, 9.17) is 9.97 Å². The average molecular weight is 485 g/mol. The molecule has 1 saturated heterocycles. The summed E-state index contributed by atoms with van der Waals surface area (Å²) in [5, 5.41) is 0. The number of benzene rings is 2. The monoisotopic (exact) mass is 484 g/mol. The highest BCUT2D eigenvalue weighted by Gasteiger charge is 2.27. The minimum atomic E-state index is 0.230. The van der Waals surface area contributed by atoms with E-state index in [0.29, 0.717) is 5.82 Å². The Morgan fingerprint density at radius 2 is 1.27 bits per heavy atom. The Balaban J connectivity index is 1.29. The summed E-state index contributed by atoms with van der Waals surface area (Å²) in [5.41, 5.74) is 5.47. The van der Waals surface area contributed by atoms with E-state index in [0.717, 1.165) is 48.8 Å². The summed E-state index contributed by atoms with van der Waals surface area (Å²) in [6, 6.07) is 31.8. The number of anilines is 1. The summed E-state index contributed by atoms with van der Waals surface area (Å²) in [6.45, 7) is 3.64. The number of nitrogens with zero attached hydrogens (tertiary/aromatic N) is 6. The second-order valence-corrected chi connectivity index (χ2v) is 9.16. The molecule has 0 radical (unpaired) electrons. The second kappa shape index (κ2) is 10.7. The lowest BCUT2D eigenvalue weighted by Gasteiger charge is -2.40. The molecule has 0 amide bonds. The van der Waals surface area contributed by atoms with Gasteiger partial charge in [-0.15, -0.1) is 0 Å². The van der Waals surface area contributed by atoms with Gasteiger partial charge in [0.15, 0.2) is 5.82 Å². The first-order chi connectivity index (χ1) is 18.3. The molecule has 6 rings (SSSR count). The van der Waals surface area contributed by atoms with Crippen LogP contribution >= 0.6 is 0 Å². The van der Waals surface area contributed by atoms with E-state index in [1.54, 1.807) is 18.6 Å². The van der Waals surface area contributed by atoms with E-state index in [9.17, 15) is 0 Å². The van der Waals surface area contributed by atoms with E-state index in [2.05, 4.69) is 86.5 Å². The molecule has 3 aromatic heterocycles. The smallest absolute Gasteiger partial charge is 0.163 e. The summed E-state index contributed by atoms with van der Waals surface area (Å²) in [5.74, 6) is 1.63. The zero-order chi connectivity index (χ0) is 24.9. The fourth-order valence-electron chi connectivity index (χ4n) is 4.99. The lowest BCUT2D eigenvalue weighted by atomic mass is 9.96. The Bertz CT molecular complexity index is 1320. The molecule has 1 aliphatic heterocycles. The van der Waals surface area contributed by atoms with Gasteiger partial charge in [-0.25, -0.2) is 9.97 Å². The Morgan fingerprint density at radius 1 is 0.595 bits per heavy atom. The van der Waals surface area contributed by atoms with Crippen molar-refractivity contribution in [3.05, 3.63) is 127 Å². The van der Waals surface area contributed by atoms with E-state index >= 15 is 0 Å². The van der Waals surface area contributed by atoms with Crippen molar-refractivity contribution in [3.63, 3.8) is 0 Å². The van der Waals surface area contributed by atoms with Gasteiger partial charge in [-0.1, -0.05) is 60.7 Å². The number of hydrogen-bond donors (Lipinski definition) is 0. The first-order valence-corrected chi connectivity index (χ1v) is 12.6. The molecule has 0 bridgehead atoms. The molecule has 0 unspecified atom stereocenters. The third kappa shape index (κ3) is 5.10. The largest absolute Gasteiger partial charge is 0.354 e. The van der Waals surface area contributed by atoms with Crippen molar-refractivity contribution in [2.24, 2.45) is 0 Å². The maximum Gasteiger partial charge on any atom is 0.163 e. The van der Waals surface area contributed by atoms with Crippen LogP contribution in [0.3, 0.4) is 0 Å². The van der Waals surface area contributed by atoms with Crippen molar-refractivity contribution in [2.45, 2.75) is 6.04 Å². The van der Waals surface area contributed by atoms with Gasteiger partial charge in [0.2, 0.25) is 0 Å². The number of pyridine rings is 2. The maximum absolute atomic E-state index is 4.98. The highest BCUT2D eigenvalue weighted by molar-refractivity contribution is 5.67. The zero-order valence-corrected chi connectivity index (χ0v) is 20.6. The molecule has 0 atom stereocenters. The number of aromatic nitrogens is 4. The molecule has 0 aliphatic carbocycles. The molecule has 2 aromatic carbocycles. The van der Waals surface area contributed by atoms with Crippen molar-refractivity contribution in [1.29, 1.82) is 0 Å². The van der Waals surface area contributed by atoms with Gasteiger partial charge in [-0.3, -0.25) is 14.9 Å². The molecule has 0 spiro atoms. The maximum atomic E-state index is 4.98. The van der Waals surface area contributed by atoms with E-state index < -0.39 is 0 Å². The molecule has 0 N–H and O–H groups in total. The molecule has 182 valence electrons. The van der Waals surface area contributed by atoms with Crippen LogP contribution in [0.5, 0.6) is 0 Å². The zero-order valence-electron chi connectivity index (χ0n) is 20.6. The van der Waals surface area contributed by atoms with Gasteiger partial charge in [0.25, 0.3) is 0 Å². The topological polar surface area (TPSA) is 58.0 Å². The predicted octanol–water partition coefficient (Wildman–Crippen LogP) is 5.51. The summed E-state index contributed by atoms with van der Waals surface area (Å²) in [6.07, 6.45) is 7.18. The molecular weight excluding hydrogens is 456 g/mol. The molecule has 1 aliphatic rings. The number of hydrogen-bond acceptors (Lipinski definition) is 6. The molecule has 5 aromatic rings. The minimum absolute atomic E-state index is 0.230. The molecule has 1 fully saturated rings. The normalized spacial score (nSPS) is 14.1. The van der Waals surface area contributed by atoms with Gasteiger partial charge in [-0.05, 0) is 35.4 Å². The number of piperazine rings is 1. The molecule has 6 heteroatoms. The third-order valence-electron chi connectivity index (χ3n) is 6.84. The molecule has 6 nitrogen and oxygen atoms in total. The SMILES string of the molecule is c1ccc(C(c2ccccc2)N2CCN(c3cc(-c4ccncc4)nc(-c4cccnc4)n3)CC2)cc1. The highest BCUT2D eigenvalue weighted by Crippen LogP contribution is 2.31. The summed E-state index contributed by atoms with van der Waals surface area (Å²) < 4.78 is 0. The van der Waals surface area contributed by atoms with Crippen molar-refractivity contribution in [2.75, 3.05) is 31.1 Å². The van der Waals surface area contributed by atoms with Crippen molar-refractivity contribution in [3.8, 4) is 22.6 Å². The van der Waals surface area contributed by atoms with Gasteiger partial charge >= 0.3 is 0 Å². The first kappa shape index (κ1) is 23.0. The first-order valence-electron chi connectivity index (χ1n) is 12.6. The van der Waals surface area contributed by atoms with Crippen LogP contribution in [0.4, 0.5) is 5.82 Å². The Kier molecular flexibility index (Phi) is 6.64. The predicted molar refractivity (Wildman–Crippen MR) is 147 cm³/mol. The number of rotatable bonds is 6. The van der Waals surface area contributed by atoms with Crippen LogP contribution in [0.1, 0.15) is 17.2 Å². The fourth-order valence-corrected chi connectivity index (χ4v) is 4.99. The van der Waals surface area contributed by atoms with Crippen LogP contribution in [-0.4, -0.2) is 51.0 Å². The fraction of sp³-hybridized carbons (Fsp3) is 0.161. The summed E-state index contributed by atoms with van der Waals surface area (Å²) >= 11 is 0. The van der Waals surface area contributed by atoms with Crippen LogP contribution < -0.4 is 4.90 Å². The molecule has 4 heterocycles. The second-order valence-electron chi connectivity index (χ2n) is 9.16. The van der Waals surface area contributed by atoms with E-state index in [-0.39, 0.29) is 6.04 Å². The quantitative estimate of drug-likeness (QED) is 0.317. The molecule has 37 heavy (non-hydrogen) atoms. The van der Waals surface area contributed by atoms with Gasteiger partial charge < -0.3 is 4.90 Å². The van der Waals surface area contributed by atoms with Gasteiger partial charge in [0.05, 0.1) is 11.7 Å². The molecular formula is C31H28N6. The molecule has 0 saturated carbocycles. The average Bonchev–Trinajstić information content (AvgIpc) is 2.99. The van der Waals surface area contributed by atoms with Crippen LogP contribution in [0, 0.1) is 0 Å². The summed E-state index contributed by atoms with van der Waals surface area (Å²) in [4.78, 5) is 23.3. The van der Waals surface area contributed by atoms with Crippen LogP contribution in [0.15, 0.2) is 116 Å². The Labute approximate surface area is 217 Å². The van der Waals surface area contributed by atoms with Crippen LogP contribution in [0.25, 0.3) is 22.6 Å². The minimum Gasteiger partial charge on any atom is -0.354 e.